The van der Waals surface area contributed by atoms with Gasteiger partial charge in [-0.25, -0.2) is 14.2 Å². The summed E-state index contributed by atoms with van der Waals surface area (Å²) in [6.07, 6.45) is 2.52. The number of hydrogen-bond donors (Lipinski definition) is 0. The van der Waals surface area contributed by atoms with E-state index in [0.29, 0.717) is 30.8 Å². The van der Waals surface area contributed by atoms with Crippen LogP contribution in [0.25, 0.3) is 10.9 Å². The summed E-state index contributed by atoms with van der Waals surface area (Å²) in [4.78, 5) is 25.0. The lowest BCUT2D eigenvalue weighted by Crippen LogP contribution is -2.48. The van der Waals surface area contributed by atoms with Crippen molar-refractivity contribution in [3.05, 3.63) is 26.7 Å². The molecule has 168 valence electrons. The molecule has 0 N–H and O–H groups in total. The molecule has 0 bridgehead atoms. The third-order valence-electron chi connectivity index (χ3n) is 5.83. The molecule has 0 saturated carbocycles. The highest BCUT2D eigenvalue weighted by molar-refractivity contribution is 9.10. The van der Waals surface area contributed by atoms with Crippen molar-refractivity contribution < 1.29 is 13.9 Å². The zero-order valence-corrected chi connectivity index (χ0v) is 20.7. The first kappa shape index (κ1) is 22.8. The van der Waals surface area contributed by atoms with E-state index in [2.05, 4.69) is 30.8 Å². The number of aromatic nitrogens is 2. The van der Waals surface area contributed by atoms with Crippen molar-refractivity contribution in [3.8, 4) is 0 Å². The lowest BCUT2D eigenvalue weighted by atomic mass is 9.79. The predicted molar refractivity (Wildman–Crippen MR) is 124 cm³/mol. The van der Waals surface area contributed by atoms with E-state index in [9.17, 15) is 9.18 Å². The minimum atomic E-state index is -0.560. The molecule has 2 aromatic rings. The molecule has 10 heteroatoms. The molecule has 1 aromatic heterocycles. The summed E-state index contributed by atoms with van der Waals surface area (Å²) in [5, 5.41) is 0.752. The molecule has 31 heavy (non-hydrogen) atoms. The molecule has 4 rings (SSSR count). The van der Waals surface area contributed by atoms with Crippen molar-refractivity contribution in [2.75, 3.05) is 31.1 Å². The van der Waals surface area contributed by atoms with Crippen LogP contribution in [-0.4, -0.2) is 52.7 Å². The summed E-state index contributed by atoms with van der Waals surface area (Å²) >= 11 is 15.5. The fourth-order valence-corrected chi connectivity index (χ4v) is 5.17. The molecule has 1 amide bonds. The zero-order chi connectivity index (χ0) is 22.6. The first-order valence-corrected chi connectivity index (χ1v) is 11.8. The monoisotopic (exact) mass is 532 g/mol. The molecule has 2 aliphatic rings. The van der Waals surface area contributed by atoms with Crippen molar-refractivity contribution in [1.82, 2.24) is 14.9 Å². The second-order valence-electron chi connectivity index (χ2n) is 9.38. The second kappa shape index (κ2) is 8.19. The van der Waals surface area contributed by atoms with Crippen LogP contribution in [-0.2, 0) is 4.74 Å². The number of likely N-dealkylation sites (tertiary alicyclic amines) is 1. The predicted octanol–water partition coefficient (Wildman–Crippen LogP) is 6.07. The Morgan fingerprint density at radius 3 is 2.68 bits per heavy atom. The van der Waals surface area contributed by atoms with E-state index >= 15 is 0 Å². The van der Waals surface area contributed by atoms with Crippen molar-refractivity contribution in [3.63, 3.8) is 0 Å². The topological polar surface area (TPSA) is 58.6 Å². The van der Waals surface area contributed by atoms with Gasteiger partial charge >= 0.3 is 6.09 Å². The van der Waals surface area contributed by atoms with E-state index in [-0.39, 0.29) is 31.8 Å². The minimum absolute atomic E-state index is 0.0180. The van der Waals surface area contributed by atoms with Crippen LogP contribution >= 0.6 is 39.1 Å². The molecule has 0 radical (unpaired) electrons. The number of carbonyl (C=O) groups is 1. The summed E-state index contributed by atoms with van der Waals surface area (Å²) in [5.74, 6) is 0.00490. The van der Waals surface area contributed by atoms with E-state index in [1.54, 1.807) is 11.0 Å². The average molecular weight is 534 g/mol. The van der Waals surface area contributed by atoms with Gasteiger partial charge in [-0.2, -0.15) is 4.98 Å². The van der Waals surface area contributed by atoms with Gasteiger partial charge < -0.3 is 14.5 Å². The Hall–Kier alpha value is -1.38. The largest absolute Gasteiger partial charge is 0.444 e. The zero-order valence-electron chi connectivity index (χ0n) is 17.6. The Balaban J connectivity index is 1.62. The Morgan fingerprint density at radius 2 is 1.97 bits per heavy atom. The quantitative estimate of drug-likeness (QED) is 0.329. The average Bonchev–Trinajstić information content (AvgIpc) is 3.08. The highest BCUT2D eigenvalue weighted by Gasteiger charge is 2.44. The molecular weight excluding hydrogens is 510 g/mol. The standard InChI is InChI=1S/C21H24BrCl2FN4O2/c1-20(2,3)31-19(30)29-7-4-5-21(11-29)6-8-28(10-21)17-12-9-13(23)14(22)15(25)16(12)26-18(24)27-17/h9H,4-8,10-11H2,1-3H3. The SMILES string of the molecule is CC(C)(C)OC(=O)N1CCCC2(CCN(c3nc(Cl)nc4c(F)c(Br)c(Cl)cc34)C2)C1. The molecule has 2 saturated heterocycles. The smallest absolute Gasteiger partial charge is 0.410 e. The molecular formula is C21H24BrCl2FN4O2. The fourth-order valence-electron chi connectivity index (χ4n) is 4.51. The van der Waals surface area contributed by atoms with Gasteiger partial charge in [0.2, 0.25) is 5.28 Å². The van der Waals surface area contributed by atoms with E-state index in [1.807, 2.05) is 20.8 Å². The third-order valence-corrected chi connectivity index (χ3v) is 7.30. The van der Waals surface area contributed by atoms with E-state index in [1.165, 1.54) is 0 Å². The number of nitrogens with zero attached hydrogens (tertiary/aromatic N) is 4. The number of benzene rings is 1. The summed E-state index contributed by atoms with van der Waals surface area (Å²) in [5.41, 5.74) is -0.472. The van der Waals surface area contributed by atoms with Crippen LogP contribution in [0.5, 0.6) is 0 Å². The van der Waals surface area contributed by atoms with Crippen LogP contribution < -0.4 is 4.90 Å². The lowest BCUT2D eigenvalue weighted by molar-refractivity contribution is 0.00713. The number of ether oxygens (including phenoxy) is 1. The summed E-state index contributed by atoms with van der Waals surface area (Å²) in [6, 6.07) is 1.66. The number of halogens is 4. The van der Waals surface area contributed by atoms with Crippen molar-refractivity contribution in [2.24, 2.45) is 5.41 Å². The summed E-state index contributed by atoms with van der Waals surface area (Å²) in [7, 11) is 0. The number of anilines is 1. The lowest BCUT2D eigenvalue weighted by Gasteiger charge is -2.40. The number of fused-ring (bicyclic) bond motifs is 1. The maximum Gasteiger partial charge on any atom is 0.410 e. The third kappa shape index (κ3) is 4.57. The van der Waals surface area contributed by atoms with Crippen LogP contribution in [0.15, 0.2) is 10.5 Å². The minimum Gasteiger partial charge on any atom is -0.444 e. The van der Waals surface area contributed by atoms with Gasteiger partial charge in [-0.05, 0) is 73.6 Å². The molecule has 1 unspecified atom stereocenters. The van der Waals surface area contributed by atoms with Gasteiger partial charge in [0.1, 0.15) is 16.9 Å². The molecule has 3 heterocycles. The normalized spacial score (nSPS) is 21.9. The maximum atomic E-state index is 14.8. The van der Waals surface area contributed by atoms with Crippen LogP contribution in [0.3, 0.4) is 0 Å². The van der Waals surface area contributed by atoms with Crippen molar-refractivity contribution in [1.29, 1.82) is 0 Å². The summed E-state index contributed by atoms with van der Waals surface area (Å²) < 4.78 is 20.5. The van der Waals surface area contributed by atoms with Crippen LogP contribution in [0, 0.1) is 11.2 Å². The Bertz CT molecular complexity index is 1050. The Morgan fingerprint density at radius 1 is 1.23 bits per heavy atom. The summed E-state index contributed by atoms with van der Waals surface area (Å²) in [6.45, 7) is 8.32. The van der Waals surface area contributed by atoms with Gasteiger partial charge in [0, 0.05) is 37.0 Å². The van der Waals surface area contributed by atoms with Crippen molar-refractivity contribution in [2.45, 2.75) is 45.6 Å². The van der Waals surface area contributed by atoms with E-state index < -0.39 is 11.4 Å². The fraction of sp³-hybridized carbons (Fsp3) is 0.571. The highest BCUT2D eigenvalue weighted by Crippen LogP contribution is 2.43. The maximum absolute atomic E-state index is 14.8. The van der Waals surface area contributed by atoms with Crippen molar-refractivity contribution >= 4 is 61.9 Å². The Labute approximate surface area is 199 Å². The number of hydrogen-bond acceptors (Lipinski definition) is 5. The van der Waals surface area contributed by atoms with Crippen LogP contribution in [0.2, 0.25) is 10.3 Å². The number of rotatable bonds is 1. The molecule has 6 nitrogen and oxygen atoms in total. The van der Waals surface area contributed by atoms with E-state index in [0.717, 1.165) is 25.8 Å². The van der Waals surface area contributed by atoms with Gasteiger partial charge in [-0.3, -0.25) is 0 Å². The van der Waals surface area contributed by atoms with Gasteiger partial charge in [0.15, 0.2) is 5.82 Å². The number of amides is 1. The molecule has 1 aromatic carbocycles. The number of piperidine rings is 1. The number of carbonyl (C=O) groups excluding carboxylic acids is 1. The Kier molecular flexibility index (Phi) is 6.03. The van der Waals surface area contributed by atoms with E-state index in [4.69, 9.17) is 27.9 Å². The molecule has 1 spiro atoms. The van der Waals surface area contributed by atoms with Gasteiger partial charge in [0.25, 0.3) is 0 Å². The van der Waals surface area contributed by atoms with Gasteiger partial charge in [-0.1, -0.05) is 11.6 Å². The highest BCUT2D eigenvalue weighted by atomic mass is 79.9. The van der Waals surface area contributed by atoms with Crippen LogP contribution in [0.1, 0.15) is 40.0 Å². The molecule has 2 aliphatic heterocycles. The molecule has 0 aliphatic carbocycles. The second-order valence-corrected chi connectivity index (χ2v) is 10.9. The van der Waals surface area contributed by atoms with Gasteiger partial charge in [-0.15, -0.1) is 0 Å². The molecule has 2 fully saturated rings. The first-order valence-electron chi connectivity index (χ1n) is 10.2. The van der Waals surface area contributed by atoms with Crippen LogP contribution in [0.4, 0.5) is 15.0 Å². The van der Waals surface area contributed by atoms with Gasteiger partial charge in [0.05, 0.1) is 9.50 Å². The molecule has 1 atom stereocenters. The first-order chi connectivity index (χ1) is 14.5.